The largest absolute Gasteiger partial charge is 0.479 e. The van der Waals surface area contributed by atoms with Crippen LogP contribution in [0.4, 0.5) is 0 Å². The van der Waals surface area contributed by atoms with Crippen LogP contribution in [0.15, 0.2) is 0 Å². The molecule has 0 saturated carbocycles. The number of ether oxygens (including phenoxy) is 1. The van der Waals surface area contributed by atoms with Crippen LogP contribution in [0.3, 0.4) is 0 Å². The Labute approximate surface area is 109 Å². The van der Waals surface area contributed by atoms with Crippen LogP contribution in [-0.4, -0.2) is 47.1 Å². The number of carboxylic acid groups (broad SMARTS) is 1. The minimum atomic E-state index is -1.10. The Hall–Kier alpha value is -0.660. The lowest BCUT2D eigenvalue weighted by molar-refractivity contribution is -0.150. The fourth-order valence-electron chi connectivity index (χ4n) is 0.922. The molecular formula is C10H19BrN2O4. The Morgan fingerprint density at radius 1 is 1.53 bits per heavy atom. The number of carboxylic acids is 1. The van der Waals surface area contributed by atoms with Crippen molar-refractivity contribution in [3.63, 3.8) is 0 Å². The second kappa shape index (κ2) is 7.62. The van der Waals surface area contributed by atoms with Crippen molar-refractivity contribution >= 4 is 27.8 Å². The maximum Gasteiger partial charge on any atom is 0.334 e. The molecule has 0 rings (SSSR count). The summed E-state index contributed by atoms with van der Waals surface area (Å²) in [4.78, 5) is 22.3. The summed E-state index contributed by atoms with van der Waals surface area (Å²) in [5, 5.41) is 11.4. The third kappa shape index (κ3) is 7.30. The van der Waals surface area contributed by atoms with E-state index < -0.39 is 16.4 Å². The molecule has 0 saturated heterocycles. The lowest BCUT2D eigenvalue weighted by atomic mass is 10.2. The zero-order valence-electron chi connectivity index (χ0n) is 10.0. The van der Waals surface area contributed by atoms with Gasteiger partial charge in [0.05, 0.1) is 10.9 Å². The first-order chi connectivity index (χ1) is 7.79. The first-order valence-corrected chi connectivity index (χ1v) is 6.10. The molecule has 0 spiro atoms. The van der Waals surface area contributed by atoms with E-state index in [1.807, 2.05) is 0 Å². The summed E-state index contributed by atoms with van der Waals surface area (Å²) < 4.78 is 4.37. The van der Waals surface area contributed by atoms with Crippen LogP contribution in [0.1, 0.15) is 20.3 Å². The Morgan fingerprint density at radius 3 is 2.53 bits per heavy atom. The van der Waals surface area contributed by atoms with Crippen molar-refractivity contribution in [1.29, 1.82) is 0 Å². The van der Waals surface area contributed by atoms with E-state index in [0.29, 0.717) is 13.0 Å². The number of hydrogen-bond donors (Lipinski definition) is 3. The van der Waals surface area contributed by atoms with Gasteiger partial charge in [0.2, 0.25) is 5.91 Å². The van der Waals surface area contributed by atoms with Crippen LogP contribution in [0.5, 0.6) is 0 Å². The zero-order valence-corrected chi connectivity index (χ0v) is 11.6. The lowest BCUT2D eigenvalue weighted by Crippen LogP contribution is -2.44. The number of amides is 1. The molecule has 0 aliphatic carbocycles. The van der Waals surface area contributed by atoms with Crippen molar-refractivity contribution in [2.24, 2.45) is 5.73 Å². The molecule has 1 amide bonds. The van der Waals surface area contributed by atoms with Gasteiger partial charge in [-0.05, 0) is 26.8 Å². The minimum Gasteiger partial charge on any atom is -0.479 e. The number of aliphatic carboxylic acids is 1. The van der Waals surface area contributed by atoms with Crippen molar-refractivity contribution in [2.45, 2.75) is 30.7 Å². The summed E-state index contributed by atoms with van der Waals surface area (Å²) in [6.07, 6.45) is -0.456. The number of rotatable bonds is 8. The molecule has 0 radical (unpaired) electrons. The summed E-state index contributed by atoms with van der Waals surface area (Å²) >= 11 is 3.18. The molecule has 0 fully saturated rings. The van der Waals surface area contributed by atoms with E-state index >= 15 is 0 Å². The molecule has 0 aliphatic heterocycles. The lowest BCUT2D eigenvalue weighted by Gasteiger charge is -2.19. The third-order valence-corrected chi connectivity index (χ3v) is 2.29. The third-order valence-electron chi connectivity index (χ3n) is 1.93. The van der Waals surface area contributed by atoms with Crippen LogP contribution >= 0.6 is 15.9 Å². The topological polar surface area (TPSA) is 102 Å². The van der Waals surface area contributed by atoms with Gasteiger partial charge >= 0.3 is 5.97 Å². The average Bonchev–Trinajstić information content (AvgIpc) is 2.20. The molecule has 6 nitrogen and oxygen atoms in total. The summed E-state index contributed by atoms with van der Waals surface area (Å²) in [5.41, 5.74) is 5.27. The molecule has 100 valence electrons. The normalized spacial score (nSPS) is 13.2. The van der Waals surface area contributed by atoms with Gasteiger partial charge in [-0.25, -0.2) is 4.79 Å². The molecule has 0 aromatic rings. The fourth-order valence-corrected chi connectivity index (χ4v) is 1.06. The highest BCUT2D eigenvalue weighted by Gasteiger charge is 2.26. The Kier molecular flexibility index (Phi) is 7.33. The van der Waals surface area contributed by atoms with E-state index in [4.69, 9.17) is 15.6 Å². The van der Waals surface area contributed by atoms with Gasteiger partial charge in [-0.3, -0.25) is 4.79 Å². The van der Waals surface area contributed by atoms with E-state index in [9.17, 15) is 9.59 Å². The molecule has 1 unspecified atom stereocenters. The summed E-state index contributed by atoms with van der Waals surface area (Å²) in [6, 6.07) is 0. The molecule has 1 atom stereocenters. The van der Waals surface area contributed by atoms with Gasteiger partial charge in [-0.2, -0.15) is 0 Å². The van der Waals surface area contributed by atoms with Gasteiger partial charge in [0, 0.05) is 6.61 Å². The maximum absolute atomic E-state index is 11.5. The van der Waals surface area contributed by atoms with Gasteiger partial charge in [0.1, 0.15) is 0 Å². The fraction of sp³-hybridized carbons (Fsp3) is 0.800. The van der Waals surface area contributed by atoms with Crippen molar-refractivity contribution in [3.8, 4) is 0 Å². The van der Waals surface area contributed by atoms with Crippen molar-refractivity contribution in [3.05, 3.63) is 0 Å². The maximum atomic E-state index is 11.5. The highest BCUT2D eigenvalue weighted by atomic mass is 79.9. The van der Waals surface area contributed by atoms with Crippen LogP contribution in [0, 0.1) is 0 Å². The second-order valence-electron chi connectivity index (χ2n) is 4.02. The van der Waals surface area contributed by atoms with Gasteiger partial charge in [0.15, 0.2) is 6.10 Å². The Morgan fingerprint density at radius 2 is 2.12 bits per heavy atom. The van der Waals surface area contributed by atoms with E-state index in [1.54, 1.807) is 13.8 Å². The van der Waals surface area contributed by atoms with Gasteiger partial charge in [-0.15, -0.1) is 0 Å². The highest BCUT2D eigenvalue weighted by molar-refractivity contribution is 9.10. The first-order valence-electron chi connectivity index (χ1n) is 5.30. The van der Waals surface area contributed by atoms with Crippen molar-refractivity contribution < 1.29 is 19.4 Å². The summed E-state index contributed by atoms with van der Waals surface area (Å²) in [5.74, 6) is -1.39. The molecule has 17 heavy (non-hydrogen) atoms. The predicted molar refractivity (Wildman–Crippen MR) is 67.1 cm³/mol. The summed E-state index contributed by atoms with van der Waals surface area (Å²) in [7, 11) is 0. The SMILES string of the molecule is CC(C)(Br)C(=O)NCC(OCCCN)C(=O)O. The van der Waals surface area contributed by atoms with Crippen LogP contribution < -0.4 is 11.1 Å². The van der Waals surface area contributed by atoms with E-state index in [2.05, 4.69) is 21.2 Å². The average molecular weight is 311 g/mol. The number of nitrogens with two attached hydrogens (primary N) is 1. The number of halogens is 1. The van der Waals surface area contributed by atoms with Gasteiger partial charge < -0.3 is 20.9 Å². The molecule has 4 N–H and O–H groups in total. The second-order valence-corrected chi connectivity index (χ2v) is 6.00. The number of hydrogen-bond acceptors (Lipinski definition) is 4. The molecule has 0 aliphatic rings. The number of nitrogens with one attached hydrogen (secondary N) is 1. The Bertz CT molecular complexity index is 266. The van der Waals surface area contributed by atoms with Gasteiger partial charge in [0.25, 0.3) is 0 Å². The molecule has 7 heteroatoms. The van der Waals surface area contributed by atoms with E-state index in [0.717, 1.165) is 0 Å². The number of alkyl halides is 1. The van der Waals surface area contributed by atoms with E-state index in [1.165, 1.54) is 0 Å². The monoisotopic (exact) mass is 310 g/mol. The van der Waals surface area contributed by atoms with Crippen molar-refractivity contribution in [2.75, 3.05) is 19.7 Å². The molecule has 0 aromatic heterocycles. The van der Waals surface area contributed by atoms with Crippen molar-refractivity contribution in [1.82, 2.24) is 5.32 Å². The standard InChI is InChI=1S/C10H19BrN2O4/c1-10(2,11)9(16)13-6-7(8(14)15)17-5-3-4-12/h7H,3-6,12H2,1-2H3,(H,13,16)(H,14,15). The smallest absolute Gasteiger partial charge is 0.334 e. The molecule has 0 aromatic carbocycles. The van der Waals surface area contributed by atoms with E-state index in [-0.39, 0.29) is 19.1 Å². The van der Waals surface area contributed by atoms with Crippen LogP contribution in [-0.2, 0) is 14.3 Å². The highest BCUT2D eigenvalue weighted by Crippen LogP contribution is 2.15. The molecular weight excluding hydrogens is 292 g/mol. The van der Waals surface area contributed by atoms with Crippen LogP contribution in [0.2, 0.25) is 0 Å². The molecule has 0 heterocycles. The van der Waals surface area contributed by atoms with Gasteiger partial charge in [-0.1, -0.05) is 15.9 Å². The molecule has 0 bridgehead atoms. The number of carbonyl (C=O) groups excluding carboxylic acids is 1. The van der Waals surface area contributed by atoms with Crippen LogP contribution in [0.25, 0.3) is 0 Å². The zero-order chi connectivity index (χ0) is 13.5. The first kappa shape index (κ1) is 16.3. The minimum absolute atomic E-state index is 0.0617. The predicted octanol–water partition coefficient (Wildman–Crippen LogP) is 0.0947. The summed E-state index contributed by atoms with van der Waals surface area (Å²) in [6.45, 7) is 3.99. The Balaban J connectivity index is 4.10. The quantitative estimate of drug-likeness (QED) is 0.436. The number of carbonyl (C=O) groups is 2.